The van der Waals surface area contributed by atoms with Gasteiger partial charge in [0.2, 0.25) is 0 Å². The van der Waals surface area contributed by atoms with Crippen LogP contribution in [0.3, 0.4) is 0 Å². The van der Waals surface area contributed by atoms with E-state index < -0.39 is 17.7 Å². The van der Waals surface area contributed by atoms with Crippen molar-refractivity contribution < 1.29 is 23.1 Å². The van der Waals surface area contributed by atoms with Crippen LogP contribution in [0.15, 0.2) is 24.3 Å². The zero-order valence-electron chi connectivity index (χ0n) is 11.2. The maximum absolute atomic E-state index is 13.0. The van der Waals surface area contributed by atoms with Gasteiger partial charge in [0.25, 0.3) is 0 Å². The average Bonchev–Trinajstić information content (AvgIpc) is 2.83. The molecule has 2 rings (SSSR count). The molecule has 7 heteroatoms. The topological polar surface area (TPSA) is 50.2 Å². The Bertz CT molecular complexity index is 677. The molecule has 21 heavy (non-hydrogen) atoms. The van der Waals surface area contributed by atoms with E-state index in [9.17, 15) is 18.0 Å². The van der Waals surface area contributed by atoms with E-state index in [0.717, 1.165) is 17.4 Å². The first-order valence-corrected chi connectivity index (χ1v) is 6.94. The second-order valence-electron chi connectivity index (χ2n) is 4.74. The summed E-state index contributed by atoms with van der Waals surface area (Å²) in [6.45, 7) is 3.50. The van der Waals surface area contributed by atoms with Crippen molar-refractivity contribution in [2.45, 2.75) is 25.9 Å². The lowest BCUT2D eigenvalue weighted by atomic mass is 10.1. The van der Waals surface area contributed by atoms with Crippen LogP contribution in [0.1, 0.15) is 40.7 Å². The van der Waals surface area contributed by atoms with Crippen molar-refractivity contribution in [3.8, 4) is 10.6 Å². The third-order valence-corrected chi connectivity index (χ3v) is 3.95. The van der Waals surface area contributed by atoms with Gasteiger partial charge in [0.15, 0.2) is 0 Å². The molecule has 0 atom stereocenters. The molecule has 0 spiro atoms. The van der Waals surface area contributed by atoms with Crippen molar-refractivity contribution in [2.24, 2.45) is 0 Å². The number of aromatic nitrogens is 1. The Balaban J connectivity index is 2.64. The zero-order valence-corrected chi connectivity index (χ0v) is 12.0. The smallest absolute Gasteiger partial charge is 0.417 e. The van der Waals surface area contributed by atoms with Gasteiger partial charge in [-0.25, -0.2) is 9.78 Å². The first-order valence-electron chi connectivity index (χ1n) is 6.12. The quantitative estimate of drug-likeness (QED) is 0.897. The Morgan fingerprint density at radius 1 is 1.29 bits per heavy atom. The average molecular weight is 315 g/mol. The Morgan fingerprint density at radius 2 is 1.90 bits per heavy atom. The molecule has 0 amide bonds. The molecule has 0 aliphatic rings. The van der Waals surface area contributed by atoms with Crippen molar-refractivity contribution in [2.75, 3.05) is 0 Å². The lowest BCUT2D eigenvalue weighted by Crippen LogP contribution is -2.06. The number of carbonyl (C=O) groups is 1. The summed E-state index contributed by atoms with van der Waals surface area (Å²) >= 11 is 0.769. The summed E-state index contributed by atoms with van der Waals surface area (Å²) in [5, 5.41) is 9.23. The number of thiazole rings is 1. The first-order chi connectivity index (χ1) is 9.71. The zero-order chi connectivity index (χ0) is 15.8. The van der Waals surface area contributed by atoms with Crippen molar-refractivity contribution in [1.29, 1.82) is 0 Å². The van der Waals surface area contributed by atoms with Crippen LogP contribution < -0.4 is 0 Å². The lowest BCUT2D eigenvalue weighted by Gasteiger charge is -2.10. The normalized spacial score (nSPS) is 11.9. The Morgan fingerprint density at radius 3 is 2.38 bits per heavy atom. The van der Waals surface area contributed by atoms with E-state index >= 15 is 0 Å². The molecule has 1 aromatic heterocycles. The minimum Gasteiger partial charge on any atom is -0.477 e. The van der Waals surface area contributed by atoms with Crippen molar-refractivity contribution in [1.82, 2.24) is 4.98 Å². The van der Waals surface area contributed by atoms with Crippen molar-refractivity contribution >= 4 is 17.3 Å². The molecule has 112 valence electrons. The molecular formula is C14H12F3NO2S. The van der Waals surface area contributed by atoms with Gasteiger partial charge in [0.05, 0.1) is 11.3 Å². The van der Waals surface area contributed by atoms with E-state index in [1.807, 2.05) is 0 Å². The third-order valence-electron chi connectivity index (χ3n) is 2.86. The number of hydrogen-bond donors (Lipinski definition) is 1. The number of halogens is 3. The van der Waals surface area contributed by atoms with Crippen LogP contribution in [0.4, 0.5) is 13.2 Å². The van der Waals surface area contributed by atoms with Crippen LogP contribution in [-0.2, 0) is 6.18 Å². The predicted octanol–water partition coefficient (Wildman–Crippen LogP) is 4.65. The largest absolute Gasteiger partial charge is 0.477 e. The number of aromatic carboxylic acids is 1. The molecule has 1 N–H and O–H groups in total. The van der Waals surface area contributed by atoms with Gasteiger partial charge < -0.3 is 5.11 Å². The summed E-state index contributed by atoms with van der Waals surface area (Å²) in [5.74, 6) is -1.36. The van der Waals surface area contributed by atoms with Gasteiger partial charge >= 0.3 is 12.1 Å². The molecule has 3 nitrogen and oxygen atoms in total. The fourth-order valence-electron chi connectivity index (χ4n) is 1.91. The van der Waals surface area contributed by atoms with E-state index in [4.69, 9.17) is 5.11 Å². The number of rotatable bonds is 3. The summed E-state index contributed by atoms with van der Waals surface area (Å²) in [6.07, 6.45) is -4.51. The SMILES string of the molecule is CC(C)c1nc(-c2ccccc2C(F)(F)F)sc1C(=O)O. The molecule has 0 saturated heterocycles. The highest BCUT2D eigenvalue weighted by molar-refractivity contribution is 7.17. The number of hydrogen-bond acceptors (Lipinski definition) is 3. The molecule has 1 heterocycles. The maximum Gasteiger partial charge on any atom is 0.417 e. The van der Waals surface area contributed by atoms with Gasteiger partial charge in [-0.05, 0) is 12.0 Å². The van der Waals surface area contributed by atoms with Crippen molar-refractivity contribution in [3.63, 3.8) is 0 Å². The summed E-state index contributed by atoms with van der Waals surface area (Å²) in [6, 6.07) is 5.03. The fourth-order valence-corrected chi connectivity index (χ4v) is 3.01. The number of carboxylic acids is 1. The van der Waals surface area contributed by atoms with E-state index in [2.05, 4.69) is 4.98 Å². The number of alkyl halides is 3. The maximum atomic E-state index is 13.0. The van der Waals surface area contributed by atoms with E-state index in [0.29, 0.717) is 5.69 Å². The summed E-state index contributed by atoms with van der Waals surface area (Å²) < 4.78 is 39.1. The van der Waals surface area contributed by atoms with E-state index in [1.54, 1.807) is 13.8 Å². The summed E-state index contributed by atoms with van der Waals surface area (Å²) in [5.41, 5.74) is -0.602. The van der Waals surface area contributed by atoms with Gasteiger partial charge in [-0.2, -0.15) is 13.2 Å². The van der Waals surface area contributed by atoms with E-state index in [-0.39, 0.29) is 21.4 Å². The molecule has 0 radical (unpaired) electrons. The van der Waals surface area contributed by atoms with Crippen LogP contribution in [0.2, 0.25) is 0 Å². The first kappa shape index (κ1) is 15.5. The van der Waals surface area contributed by atoms with Gasteiger partial charge in [0.1, 0.15) is 9.88 Å². The highest BCUT2D eigenvalue weighted by Crippen LogP contribution is 2.39. The summed E-state index contributed by atoms with van der Waals surface area (Å²) in [4.78, 5) is 15.3. The number of benzene rings is 1. The van der Waals surface area contributed by atoms with Crippen LogP contribution in [0.5, 0.6) is 0 Å². The van der Waals surface area contributed by atoms with Crippen LogP contribution >= 0.6 is 11.3 Å². The second-order valence-corrected chi connectivity index (χ2v) is 5.74. The van der Waals surface area contributed by atoms with Crippen LogP contribution in [0, 0.1) is 0 Å². The molecule has 0 saturated carbocycles. The minimum absolute atomic E-state index is 0.0167. The molecule has 0 unspecified atom stereocenters. The predicted molar refractivity (Wildman–Crippen MR) is 73.6 cm³/mol. The highest BCUT2D eigenvalue weighted by Gasteiger charge is 2.34. The third kappa shape index (κ3) is 3.07. The molecule has 0 aliphatic carbocycles. The molecule has 0 bridgehead atoms. The van der Waals surface area contributed by atoms with Gasteiger partial charge in [-0.15, -0.1) is 11.3 Å². The standard InChI is InChI=1S/C14H12F3NO2S/c1-7(2)10-11(13(19)20)21-12(18-10)8-5-3-4-6-9(8)14(15,16)17/h3-7H,1-2H3,(H,19,20). The van der Waals surface area contributed by atoms with Gasteiger partial charge in [0, 0.05) is 5.56 Å². The summed E-state index contributed by atoms with van der Waals surface area (Å²) in [7, 11) is 0. The van der Waals surface area contributed by atoms with Gasteiger partial charge in [-0.1, -0.05) is 32.0 Å². The molecule has 0 aliphatic heterocycles. The molecule has 0 fully saturated rings. The fraction of sp³-hybridized carbons (Fsp3) is 0.286. The highest BCUT2D eigenvalue weighted by atomic mass is 32.1. The minimum atomic E-state index is -4.51. The molecule has 1 aromatic carbocycles. The van der Waals surface area contributed by atoms with Crippen molar-refractivity contribution in [3.05, 3.63) is 40.4 Å². The molecular weight excluding hydrogens is 303 g/mol. The monoisotopic (exact) mass is 315 g/mol. The Kier molecular flexibility index (Phi) is 4.04. The Labute approximate surface area is 123 Å². The second kappa shape index (κ2) is 5.48. The van der Waals surface area contributed by atoms with E-state index in [1.165, 1.54) is 18.2 Å². The van der Waals surface area contributed by atoms with Crippen LogP contribution in [0.25, 0.3) is 10.6 Å². The number of nitrogens with zero attached hydrogens (tertiary/aromatic N) is 1. The van der Waals surface area contributed by atoms with Crippen LogP contribution in [-0.4, -0.2) is 16.1 Å². The number of carboxylic acid groups (broad SMARTS) is 1. The molecule has 2 aromatic rings. The Hall–Kier alpha value is -1.89. The van der Waals surface area contributed by atoms with Gasteiger partial charge in [-0.3, -0.25) is 0 Å². The lowest BCUT2D eigenvalue weighted by molar-refractivity contribution is -0.137.